The number of hydrogen-bond donors (Lipinski definition) is 0. The van der Waals surface area contributed by atoms with Crippen molar-refractivity contribution >= 4 is 5.69 Å². The van der Waals surface area contributed by atoms with Gasteiger partial charge in [-0.15, -0.1) is 0 Å². The maximum absolute atomic E-state index is 11.0. The average Bonchev–Trinajstić information content (AvgIpc) is 2.67. The summed E-state index contributed by atoms with van der Waals surface area (Å²) >= 11 is 0. The van der Waals surface area contributed by atoms with Crippen molar-refractivity contribution in [1.82, 2.24) is 9.78 Å². The van der Waals surface area contributed by atoms with Crippen molar-refractivity contribution in [1.29, 1.82) is 0 Å². The first-order valence-electron chi connectivity index (χ1n) is 6.37. The zero-order valence-electron chi connectivity index (χ0n) is 12.0. The van der Waals surface area contributed by atoms with Crippen LogP contribution in [0.3, 0.4) is 0 Å². The van der Waals surface area contributed by atoms with Crippen LogP contribution in [0.1, 0.15) is 25.2 Å². The molecule has 0 aliphatic carbocycles. The maximum Gasteiger partial charge on any atom is 0.311 e. The Balaban J connectivity index is 2.51. The monoisotopic (exact) mass is 275 g/mol. The van der Waals surface area contributed by atoms with E-state index in [9.17, 15) is 10.1 Å². The molecule has 0 fully saturated rings. The van der Waals surface area contributed by atoms with Crippen LogP contribution in [0, 0.1) is 24.0 Å². The van der Waals surface area contributed by atoms with E-state index in [4.69, 9.17) is 4.74 Å². The molecule has 0 saturated carbocycles. The second-order valence-electron chi connectivity index (χ2n) is 4.91. The van der Waals surface area contributed by atoms with Crippen molar-refractivity contribution in [3.8, 4) is 11.4 Å². The smallest absolute Gasteiger partial charge is 0.311 e. The molecule has 0 bridgehead atoms. The molecular weight excluding hydrogens is 258 g/mol. The summed E-state index contributed by atoms with van der Waals surface area (Å²) in [5.41, 5.74) is 2.57. The molecule has 1 heterocycles. The summed E-state index contributed by atoms with van der Waals surface area (Å²) < 4.78 is 7.27. The van der Waals surface area contributed by atoms with Crippen molar-refractivity contribution in [3.05, 3.63) is 45.8 Å². The summed E-state index contributed by atoms with van der Waals surface area (Å²) in [6, 6.07) is 6.72. The zero-order chi connectivity index (χ0) is 14.9. The van der Waals surface area contributed by atoms with Crippen LogP contribution in [0.25, 0.3) is 5.69 Å². The van der Waals surface area contributed by atoms with Crippen LogP contribution in [0.5, 0.6) is 5.75 Å². The highest BCUT2D eigenvalue weighted by molar-refractivity contribution is 5.53. The third kappa shape index (κ3) is 2.79. The first-order chi connectivity index (χ1) is 9.38. The number of nitro groups is 1. The Kier molecular flexibility index (Phi) is 3.74. The highest BCUT2D eigenvalue weighted by Crippen LogP contribution is 2.30. The predicted molar refractivity (Wildman–Crippen MR) is 75.5 cm³/mol. The number of hydrogen-bond acceptors (Lipinski definition) is 4. The highest BCUT2D eigenvalue weighted by Gasteiger charge is 2.18. The molecule has 0 N–H and O–H groups in total. The minimum Gasteiger partial charge on any atom is -0.484 e. The van der Waals surface area contributed by atoms with Crippen molar-refractivity contribution in [3.63, 3.8) is 0 Å². The molecule has 0 saturated heterocycles. The minimum atomic E-state index is -0.442. The number of benzene rings is 1. The Morgan fingerprint density at radius 3 is 2.50 bits per heavy atom. The van der Waals surface area contributed by atoms with Gasteiger partial charge in [-0.25, -0.2) is 4.68 Å². The Morgan fingerprint density at radius 2 is 2.00 bits per heavy atom. The number of ether oxygens (including phenoxy) is 1. The minimum absolute atomic E-state index is 0.0380. The van der Waals surface area contributed by atoms with E-state index in [0.717, 1.165) is 17.1 Å². The summed E-state index contributed by atoms with van der Waals surface area (Å²) in [7, 11) is 0. The fraction of sp³-hybridized carbons (Fsp3) is 0.357. The third-order valence-corrected chi connectivity index (χ3v) is 2.76. The molecular formula is C14H17N3O3. The zero-order valence-corrected chi connectivity index (χ0v) is 12.0. The molecule has 20 heavy (non-hydrogen) atoms. The van der Waals surface area contributed by atoms with Gasteiger partial charge in [-0.2, -0.15) is 5.10 Å². The molecule has 6 nitrogen and oxygen atoms in total. The Morgan fingerprint density at radius 1 is 1.30 bits per heavy atom. The van der Waals surface area contributed by atoms with E-state index in [1.807, 2.05) is 33.8 Å². The number of aryl methyl sites for hydroxylation is 2. The summed E-state index contributed by atoms with van der Waals surface area (Å²) in [5.74, 6) is 0.259. The third-order valence-electron chi connectivity index (χ3n) is 2.76. The number of nitro benzene ring substituents is 1. The molecule has 106 valence electrons. The molecule has 0 unspecified atom stereocenters. The lowest BCUT2D eigenvalue weighted by Crippen LogP contribution is -2.08. The Labute approximate surface area is 117 Å². The molecule has 0 radical (unpaired) electrons. The first kappa shape index (κ1) is 14.0. The van der Waals surface area contributed by atoms with Gasteiger partial charge in [-0.1, -0.05) is 0 Å². The summed E-state index contributed by atoms with van der Waals surface area (Å²) in [6.45, 7) is 7.50. The van der Waals surface area contributed by atoms with Gasteiger partial charge in [-0.3, -0.25) is 10.1 Å². The molecule has 2 rings (SSSR count). The molecule has 0 aliphatic rings. The summed E-state index contributed by atoms with van der Waals surface area (Å²) in [4.78, 5) is 10.6. The second kappa shape index (κ2) is 5.32. The van der Waals surface area contributed by atoms with Gasteiger partial charge < -0.3 is 4.74 Å². The van der Waals surface area contributed by atoms with Crippen molar-refractivity contribution < 1.29 is 9.66 Å². The lowest BCUT2D eigenvalue weighted by Gasteiger charge is -2.12. The largest absolute Gasteiger partial charge is 0.484 e. The average molecular weight is 275 g/mol. The fourth-order valence-corrected chi connectivity index (χ4v) is 2.02. The SMILES string of the molecule is Cc1cc(C)n(-c2ccc([N+](=O)[O-])c(OC(C)C)c2)n1. The van der Waals surface area contributed by atoms with Crippen molar-refractivity contribution in [2.45, 2.75) is 33.8 Å². The topological polar surface area (TPSA) is 70.2 Å². The van der Waals surface area contributed by atoms with E-state index in [1.165, 1.54) is 6.07 Å². The molecule has 0 aliphatic heterocycles. The van der Waals surface area contributed by atoms with Gasteiger partial charge in [0.1, 0.15) is 0 Å². The standard InChI is InChI=1S/C14H17N3O3/c1-9(2)20-14-8-12(5-6-13(14)17(18)19)16-11(4)7-10(3)15-16/h5-9H,1-4H3. The van der Waals surface area contributed by atoms with Gasteiger partial charge in [0.05, 0.1) is 22.4 Å². The van der Waals surface area contributed by atoms with Crippen LogP contribution >= 0.6 is 0 Å². The number of nitrogens with zero attached hydrogens (tertiary/aromatic N) is 3. The lowest BCUT2D eigenvalue weighted by atomic mass is 10.2. The van der Waals surface area contributed by atoms with Crippen LogP contribution in [0.4, 0.5) is 5.69 Å². The van der Waals surface area contributed by atoms with Gasteiger partial charge in [0.2, 0.25) is 0 Å². The summed E-state index contributed by atoms with van der Waals surface area (Å²) in [5, 5.41) is 15.4. The lowest BCUT2D eigenvalue weighted by molar-refractivity contribution is -0.386. The van der Waals surface area contributed by atoms with Crippen molar-refractivity contribution in [2.24, 2.45) is 0 Å². The predicted octanol–water partition coefficient (Wildman–Crippen LogP) is 3.18. The van der Waals surface area contributed by atoms with Crippen LogP contribution in [0.2, 0.25) is 0 Å². The molecule has 0 amide bonds. The van der Waals surface area contributed by atoms with E-state index in [0.29, 0.717) is 0 Å². The number of aromatic nitrogens is 2. The number of rotatable bonds is 4. The molecule has 6 heteroatoms. The second-order valence-corrected chi connectivity index (χ2v) is 4.91. The van der Waals surface area contributed by atoms with E-state index >= 15 is 0 Å². The van der Waals surface area contributed by atoms with Gasteiger partial charge in [-0.05, 0) is 39.8 Å². The molecule has 0 atom stereocenters. The van der Waals surface area contributed by atoms with Crippen LogP contribution in [-0.2, 0) is 0 Å². The van der Waals surface area contributed by atoms with Gasteiger partial charge in [0, 0.05) is 17.8 Å². The Hall–Kier alpha value is -2.37. The van der Waals surface area contributed by atoms with Crippen LogP contribution in [0.15, 0.2) is 24.3 Å². The van der Waals surface area contributed by atoms with Crippen LogP contribution < -0.4 is 4.74 Å². The fourth-order valence-electron chi connectivity index (χ4n) is 2.02. The van der Waals surface area contributed by atoms with E-state index < -0.39 is 4.92 Å². The maximum atomic E-state index is 11.0. The van der Waals surface area contributed by atoms with Crippen LogP contribution in [-0.4, -0.2) is 20.8 Å². The quantitative estimate of drug-likeness (QED) is 0.634. The van der Waals surface area contributed by atoms with Crippen molar-refractivity contribution in [2.75, 3.05) is 0 Å². The Bertz CT molecular complexity index is 647. The molecule has 1 aromatic heterocycles. The first-order valence-corrected chi connectivity index (χ1v) is 6.37. The van der Waals surface area contributed by atoms with E-state index in [2.05, 4.69) is 5.10 Å². The summed E-state index contributed by atoms with van der Waals surface area (Å²) in [6.07, 6.45) is -0.135. The van der Waals surface area contributed by atoms with Gasteiger partial charge in [0.15, 0.2) is 5.75 Å². The normalized spacial score (nSPS) is 10.8. The van der Waals surface area contributed by atoms with Gasteiger partial charge in [0.25, 0.3) is 0 Å². The molecule has 1 aromatic carbocycles. The molecule has 2 aromatic rings. The van der Waals surface area contributed by atoms with Gasteiger partial charge >= 0.3 is 5.69 Å². The van der Waals surface area contributed by atoms with E-state index in [-0.39, 0.29) is 17.5 Å². The molecule has 0 spiro atoms. The highest BCUT2D eigenvalue weighted by atomic mass is 16.6. The van der Waals surface area contributed by atoms with E-state index in [1.54, 1.807) is 16.8 Å².